The number of phenolic OH excluding ortho intramolecular Hbond substituents is 2. The molecule has 2 nitrogen and oxygen atoms in total. The molecule has 0 amide bonds. The lowest BCUT2D eigenvalue weighted by Crippen LogP contribution is -2.29. The largest absolute Gasteiger partial charge is 0.507 e. The molecule has 1 aliphatic rings. The molecule has 0 fully saturated rings. The van der Waals surface area contributed by atoms with Crippen LogP contribution in [0.4, 0.5) is 0 Å². The molecule has 0 heterocycles. The molecule has 0 saturated carbocycles. The SMILES string of the molecule is Cc1cccc(C2(c3cccc(C)c3O)c3ccccc3-c3ccccc32)c1O. The van der Waals surface area contributed by atoms with Crippen LogP contribution < -0.4 is 0 Å². The number of rotatable bonds is 2. The van der Waals surface area contributed by atoms with Crippen LogP contribution in [-0.4, -0.2) is 10.2 Å². The Hall–Kier alpha value is -3.52. The Kier molecular flexibility index (Phi) is 3.78. The fourth-order valence-corrected chi connectivity index (χ4v) is 4.88. The Morgan fingerprint density at radius 2 is 0.862 bits per heavy atom. The smallest absolute Gasteiger partial charge is 0.123 e. The van der Waals surface area contributed by atoms with Crippen LogP contribution in [0.3, 0.4) is 0 Å². The molecule has 0 aromatic heterocycles. The third-order valence-electron chi connectivity index (χ3n) is 6.24. The fourth-order valence-electron chi connectivity index (χ4n) is 4.88. The maximum absolute atomic E-state index is 11.2. The summed E-state index contributed by atoms with van der Waals surface area (Å²) in [5, 5.41) is 22.4. The Morgan fingerprint density at radius 3 is 1.31 bits per heavy atom. The standard InChI is InChI=1S/C27H22O2/c1-17-9-7-15-23(25(17)28)27(24-16-8-10-18(2)26(24)29)21-13-5-3-11-19(21)20-12-4-6-14-22(20)27/h3-16,28-29H,1-2H3. The number of fused-ring (bicyclic) bond motifs is 3. The van der Waals surface area contributed by atoms with E-state index in [1.54, 1.807) is 0 Å². The monoisotopic (exact) mass is 378 g/mol. The number of benzene rings is 4. The van der Waals surface area contributed by atoms with Crippen molar-refractivity contribution in [3.8, 4) is 22.6 Å². The average molecular weight is 378 g/mol. The van der Waals surface area contributed by atoms with Crippen LogP contribution in [0.1, 0.15) is 33.4 Å². The molecular formula is C27H22O2. The second kappa shape index (κ2) is 6.25. The highest BCUT2D eigenvalue weighted by Gasteiger charge is 2.48. The van der Waals surface area contributed by atoms with Crippen molar-refractivity contribution in [2.75, 3.05) is 0 Å². The molecule has 142 valence electrons. The van der Waals surface area contributed by atoms with Gasteiger partial charge in [0.15, 0.2) is 0 Å². The van der Waals surface area contributed by atoms with E-state index in [0.29, 0.717) is 0 Å². The maximum atomic E-state index is 11.2. The van der Waals surface area contributed by atoms with Crippen LogP contribution in [0, 0.1) is 13.8 Å². The molecule has 0 unspecified atom stereocenters. The van der Waals surface area contributed by atoms with Crippen molar-refractivity contribution >= 4 is 0 Å². The van der Waals surface area contributed by atoms with E-state index in [2.05, 4.69) is 24.3 Å². The van der Waals surface area contributed by atoms with E-state index in [1.807, 2.05) is 74.5 Å². The van der Waals surface area contributed by atoms with Gasteiger partial charge < -0.3 is 10.2 Å². The van der Waals surface area contributed by atoms with E-state index in [4.69, 9.17) is 0 Å². The van der Waals surface area contributed by atoms with E-state index in [1.165, 1.54) is 0 Å². The first-order chi connectivity index (χ1) is 14.1. The Bertz CT molecular complexity index is 1150. The first kappa shape index (κ1) is 17.6. The maximum Gasteiger partial charge on any atom is 0.123 e. The zero-order valence-corrected chi connectivity index (χ0v) is 16.5. The summed E-state index contributed by atoms with van der Waals surface area (Å²) in [6, 6.07) is 28.3. The first-order valence-electron chi connectivity index (χ1n) is 9.84. The van der Waals surface area contributed by atoms with Gasteiger partial charge in [-0.25, -0.2) is 0 Å². The van der Waals surface area contributed by atoms with Gasteiger partial charge >= 0.3 is 0 Å². The van der Waals surface area contributed by atoms with Crippen LogP contribution in [-0.2, 0) is 5.41 Å². The molecule has 0 atom stereocenters. The molecule has 2 heteroatoms. The molecule has 0 spiro atoms. The predicted molar refractivity (Wildman–Crippen MR) is 117 cm³/mol. The topological polar surface area (TPSA) is 40.5 Å². The normalized spacial score (nSPS) is 13.7. The van der Waals surface area contributed by atoms with Crippen LogP contribution in [0.2, 0.25) is 0 Å². The van der Waals surface area contributed by atoms with Gasteiger partial charge in [0.25, 0.3) is 0 Å². The highest BCUT2D eigenvalue weighted by atomic mass is 16.3. The van der Waals surface area contributed by atoms with E-state index in [-0.39, 0.29) is 11.5 Å². The first-order valence-corrected chi connectivity index (χ1v) is 9.84. The molecule has 29 heavy (non-hydrogen) atoms. The lowest BCUT2D eigenvalue weighted by molar-refractivity contribution is 0.444. The van der Waals surface area contributed by atoms with Gasteiger partial charge in [0.2, 0.25) is 0 Å². The third-order valence-corrected chi connectivity index (χ3v) is 6.24. The van der Waals surface area contributed by atoms with Crippen LogP contribution in [0.15, 0.2) is 84.9 Å². The van der Waals surface area contributed by atoms with Gasteiger partial charge in [-0.15, -0.1) is 0 Å². The van der Waals surface area contributed by atoms with Gasteiger partial charge in [-0.1, -0.05) is 84.9 Å². The number of phenols is 2. The van der Waals surface area contributed by atoms with E-state index in [9.17, 15) is 10.2 Å². The van der Waals surface area contributed by atoms with Crippen LogP contribution >= 0.6 is 0 Å². The minimum atomic E-state index is -0.792. The molecule has 4 aromatic carbocycles. The fraction of sp³-hybridized carbons (Fsp3) is 0.111. The minimum Gasteiger partial charge on any atom is -0.507 e. The van der Waals surface area contributed by atoms with Crippen LogP contribution in [0.5, 0.6) is 11.5 Å². The Morgan fingerprint density at radius 1 is 0.483 bits per heavy atom. The van der Waals surface area contributed by atoms with Gasteiger partial charge in [-0.05, 0) is 47.2 Å². The summed E-state index contributed by atoms with van der Waals surface area (Å²) in [4.78, 5) is 0. The number of para-hydroxylation sites is 2. The van der Waals surface area contributed by atoms with Gasteiger partial charge in [-0.2, -0.15) is 0 Å². The van der Waals surface area contributed by atoms with Crippen molar-refractivity contribution in [2.45, 2.75) is 19.3 Å². The highest BCUT2D eigenvalue weighted by molar-refractivity contribution is 5.87. The Balaban J connectivity index is 2.04. The molecule has 0 saturated heterocycles. The summed E-state index contributed by atoms with van der Waals surface area (Å²) in [5.41, 5.74) is 6.82. The van der Waals surface area contributed by atoms with Crippen molar-refractivity contribution in [2.24, 2.45) is 0 Å². The summed E-state index contributed by atoms with van der Waals surface area (Å²) < 4.78 is 0. The van der Waals surface area contributed by atoms with Gasteiger partial charge in [0.05, 0.1) is 5.41 Å². The lowest BCUT2D eigenvalue weighted by Gasteiger charge is -2.35. The van der Waals surface area contributed by atoms with Gasteiger partial charge in [0, 0.05) is 11.1 Å². The van der Waals surface area contributed by atoms with Crippen molar-refractivity contribution in [1.82, 2.24) is 0 Å². The highest BCUT2D eigenvalue weighted by Crippen LogP contribution is 2.59. The van der Waals surface area contributed by atoms with E-state index >= 15 is 0 Å². The lowest BCUT2D eigenvalue weighted by atomic mass is 9.66. The summed E-state index contributed by atoms with van der Waals surface area (Å²) >= 11 is 0. The summed E-state index contributed by atoms with van der Waals surface area (Å²) in [6.07, 6.45) is 0. The molecule has 4 aromatic rings. The summed E-state index contributed by atoms with van der Waals surface area (Å²) in [5.74, 6) is 0.528. The predicted octanol–water partition coefficient (Wildman–Crippen LogP) is 6.08. The quantitative estimate of drug-likeness (QED) is 0.391. The number of hydrogen-bond donors (Lipinski definition) is 2. The van der Waals surface area contributed by atoms with E-state index in [0.717, 1.165) is 44.5 Å². The van der Waals surface area contributed by atoms with E-state index < -0.39 is 5.41 Å². The second-order valence-corrected chi connectivity index (χ2v) is 7.78. The summed E-state index contributed by atoms with van der Waals surface area (Å²) in [7, 11) is 0. The zero-order valence-electron chi connectivity index (χ0n) is 16.5. The molecule has 0 aliphatic heterocycles. The summed E-state index contributed by atoms with van der Waals surface area (Å²) in [6.45, 7) is 3.82. The Labute approximate surface area is 170 Å². The molecule has 2 N–H and O–H groups in total. The second-order valence-electron chi connectivity index (χ2n) is 7.78. The van der Waals surface area contributed by atoms with Crippen molar-refractivity contribution in [1.29, 1.82) is 0 Å². The van der Waals surface area contributed by atoms with Crippen molar-refractivity contribution < 1.29 is 10.2 Å². The van der Waals surface area contributed by atoms with Crippen LogP contribution in [0.25, 0.3) is 11.1 Å². The molecular weight excluding hydrogens is 356 g/mol. The van der Waals surface area contributed by atoms with Gasteiger partial charge in [-0.3, -0.25) is 0 Å². The zero-order chi connectivity index (χ0) is 20.2. The number of aryl methyl sites for hydroxylation is 2. The number of aromatic hydroxyl groups is 2. The third kappa shape index (κ3) is 2.23. The minimum absolute atomic E-state index is 0.264. The van der Waals surface area contributed by atoms with Gasteiger partial charge in [0.1, 0.15) is 11.5 Å². The molecule has 0 radical (unpaired) electrons. The van der Waals surface area contributed by atoms with Crippen molar-refractivity contribution in [3.63, 3.8) is 0 Å². The average Bonchev–Trinajstić information content (AvgIpc) is 3.04. The number of hydrogen-bond acceptors (Lipinski definition) is 2. The molecule has 1 aliphatic carbocycles. The molecule has 5 rings (SSSR count). The van der Waals surface area contributed by atoms with Crippen molar-refractivity contribution in [3.05, 3.63) is 118 Å². The molecule has 0 bridgehead atoms.